The van der Waals surface area contributed by atoms with Gasteiger partial charge in [-0.3, -0.25) is 4.79 Å². The number of carbonyl (C=O) groups is 2. The second-order valence-corrected chi connectivity index (χ2v) is 5.90. The molecule has 0 saturated carbocycles. The summed E-state index contributed by atoms with van der Waals surface area (Å²) in [5.74, 6) is -0.379. The molecular weight excluding hydrogens is 282 g/mol. The van der Waals surface area contributed by atoms with Crippen LogP contribution in [0.2, 0.25) is 0 Å². The lowest BCUT2D eigenvalue weighted by Gasteiger charge is -2.32. The van der Waals surface area contributed by atoms with Gasteiger partial charge in [-0.25, -0.2) is 4.79 Å². The summed E-state index contributed by atoms with van der Waals surface area (Å²) < 4.78 is 0. The first-order valence-corrected chi connectivity index (χ1v) is 7.61. The number of rotatable bonds is 3. The maximum Gasteiger partial charge on any atom is 0.317 e. The Kier molecular flexibility index (Phi) is 5.25. The first-order chi connectivity index (χ1) is 10.5. The van der Waals surface area contributed by atoms with E-state index in [1.54, 1.807) is 23.1 Å². The van der Waals surface area contributed by atoms with E-state index in [2.05, 4.69) is 10.6 Å². The van der Waals surface area contributed by atoms with Crippen LogP contribution < -0.4 is 10.6 Å². The van der Waals surface area contributed by atoms with Crippen LogP contribution in [-0.2, 0) is 4.79 Å². The number of anilines is 1. The first-order valence-electron chi connectivity index (χ1n) is 7.61. The van der Waals surface area contributed by atoms with E-state index in [1.807, 2.05) is 13.8 Å². The number of phenolic OH excluding ortho intramolecular Hbond substituents is 1. The van der Waals surface area contributed by atoms with Gasteiger partial charge in [-0.1, -0.05) is 12.1 Å². The Hall–Kier alpha value is -2.24. The van der Waals surface area contributed by atoms with Crippen LogP contribution in [0.15, 0.2) is 24.3 Å². The Morgan fingerprint density at radius 1 is 1.32 bits per heavy atom. The van der Waals surface area contributed by atoms with Gasteiger partial charge in [0.1, 0.15) is 5.75 Å². The van der Waals surface area contributed by atoms with Gasteiger partial charge in [0.15, 0.2) is 0 Å². The molecule has 2 rings (SSSR count). The summed E-state index contributed by atoms with van der Waals surface area (Å²) in [7, 11) is 0. The molecular formula is C16H23N3O3. The number of aromatic hydroxyl groups is 1. The average Bonchev–Trinajstić information content (AvgIpc) is 2.49. The van der Waals surface area contributed by atoms with Crippen molar-refractivity contribution in [3.8, 4) is 5.75 Å². The zero-order valence-electron chi connectivity index (χ0n) is 13.0. The number of para-hydroxylation sites is 2. The van der Waals surface area contributed by atoms with Crippen LogP contribution in [0.3, 0.4) is 0 Å². The zero-order valence-corrected chi connectivity index (χ0v) is 13.0. The molecule has 1 fully saturated rings. The molecule has 0 unspecified atom stereocenters. The normalized spacial score (nSPS) is 18.1. The second kappa shape index (κ2) is 7.15. The van der Waals surface area contributed by atoms with Gasteiger partial charge in [-0.05, 0) is 38.8 Å². The molecule has 120 valence electrons. The van der Waals surface area contributed by atoms with Crippen molar-refractivity contribution in [1.29, 1.82) is 0 Å². The van der Waals surface area contributed by atoms with E-state index in [4.69, 9.17) is 0 Å². The van der Waals surface area contributed by atoms with Gasteiger partial charge in [-0.2, -0.15) is 0 Å². The molecule has 6 nitrogen and oxygen atoms in total. The molecule has 1 saturated heterocycles. The van der Waals surface area contributed by atoms with Gasteiger partial charge in [-0.15, -0.1) is 0 Å². The number of nitrogens with one attached hydrogen (secondary N) is 2. The summed E-state index contributed by atoms with van der Waals surface area (Å²) in [6, 6.07) is 6.57. The molecule has 0 radical (unpaired) electrons. The number of carbonyl (C=O) groups excluding carboxylic acids is 2. The van der Waals surface area contributed by atoms with Crippen molar-refractivity contribution >= 4 is 17.6 Å². The monoisotopic (exact) mass is 305 g/mol. The van der Waals surface area contributed by atoms with Crippen LogP contribution in [0.4, 0.5) is 10.5 Å². The third kappa shape index (κ3) is 4.13. The minimum atomic E-state index is -0.258. The van der Waals surface area contributed by atoms with E-state index in [9.17, 15) is 14.7 Å². The predicted octanol–water partition coefficient (Wildman–Crippen LogP) is 2.16. The van der Waals surface area contributed by atoms with Crippen molar-refractivity contribution in [2.45, 2.75) is 32.7 Å². The van der Waals surface area contributed by atoms with Crippen molar-refractivity contribution in [3.05, 3.63) is 24.3 Å². The molecule has 1 aromatic rings. The molecule has 1 aromatic carbocycles. The second-order valence-electron chi connectivity index (χ2n) is 5.90. The Morgan fingerprint density at radius 3 is 2.73 bits per heavy atom. The summed E-state index contributed by atoms with van der Waals surface area (Å²) in [4.78, 5) is 26.0. The van der Waals surface area contributed by atoms with Crippen LogP contribution >= 0.6 is 0 Å². The quantitative estimate of drug-likeness (QED) is 0.748. The van der Waals surface area contributed by atoms with E-state index < -0.39 is 0 Å². The Morgan fingerprint density at radius 2 is 2.05 bits per heavy atom. The number of phenols is 1. The summed E-state index contributed by atoms with van der Waals surface area (Å²) >= 11 is 0. The highest BCUT2D eigenvalue weighted by Gasteiger charge is 2.28. The summed E-state index contributed by atoms with van der Waals surface area (Å²) in [5.41, 5.74) is 0.399. The van der Waals surface area contributed by atoms with Crippen LogP contribution in [-0.4, -0.2) is 41.1 Å². The van der Waals surface area contributed by atoms with E-state index >= 15 is 0 Å². The van der Waals surface area contributed by atoms with Crippen LogP contribution in [0.25, 0.3) is 0 Å². The molecule has 1 aliphatic rings. The van der Waals surface area contributed by atoms with Gasteiger partial charge >= 0.3 is 6.03 Å². The Labute approximate surface area is 130 Å². The maximum atomic E-state index is 12.3. The number of urea groups is 1. The first kappa shape index (κ1) is 16.1. The molecule has 3 amide bonds. The molecule has 1 heterocycles. The number of hydrogen-bond acceptors (Lipinski definition) is 3. The topological polar surface area (TPSA) is 81.7 Å². The molecule has 1 atom stereocenters. The zero-order chi connectivity index (χ0) is 16.1. The van der Waals surface area contributed by atoms with Crippen molar-refractivity contribution < 1.29 is 14.7 Å². The number of piperidine rings is 1. The highest BCUT2D eigenvalue weighted by Crippen LogP contribution is 2.24. The number of amides is 3. The SMILES string of the molecule is CC(C)NC(=O)N1CCC[C@H](C(=O)Nc2ccccc2O)C1. The lowest BCUT2D eigenvalue weighted by molar-refractivity contribution is -0.121. The van der Waals surface area contributed by atoms with Gasteiger partial charge < -0.3 is 20.6 Å². The average molecular weight is 305 g/mol. The molecule has 22 heavy (non-hydrogen) atoms. The molecule has 0 aliphatic carbocycles. The van der Waals surface area contributed by atoms with E-state index in [-0.39, 0.29) is 29.6 Å². The fourth-order valence-corrected chi connectivity index (χ4v) is 2.53. The largest absolute Gasteiger partial charge is 0.506 e. The highest BCUT2D eigenvalue weighted by molar-refractivity contribution is 5.94. The molecule has 0 aromatic heterocycles. The van der Waals surface area contributed by atoms with Gasteiger partial charge in [0.25, 0.3) is 0 Å². The van der Waals surface area contributed by atoms with Crippen LogP contribution in [0, 0.1) is 5.92 Å². The standard InChI is InChI=1S/C16H23N3O3/c1-11(2)17-16(22)19-9-5-6-12(10-19)15(21)18-13-7-3-4-8-14(13)20/h3-4,7-8,11-12,20H,5-6,9-10H2,1-2H3,(H,17,22)(H,18,21)/t12-/m0/s1. The van der Waals surface area contributed by atoms with E-state index in [0.29, 0.717) is 18.8 Å². The Bertz CT molecular complexity index is 545. The molecule has 0 spiro atoms. The lowest BCUT2D eigenvalue weighted by Crippen LogP contribution is -2.49. The van der Waals surface area contributed by atoms with E-state index in [0.717, 1.165) is 12.8 Å². The fraction of sp³-hybridized carbons (Fsp3) is 0.500. The van der Waals surface area contributed by atoms with Crippen molar-refractivity contribution in [2.75, 3.05) is 18.4 Å². The molecule has 1 aliphatic heterocycles. The van der Waals surface area contributed by atoms with Crippen molar-refractivity contribution in [2.24, 2.45) is 5.92 Å². The van der Waals surface area contributed by atoms with E-state index in [1.165, 1.54) is 6.07 Å². The minimum Gasteiger partial charge on any atom is -0.506 e. The van der Waals surface area contributed by atoms with Gasteiger partial charge in [0.2, 0.25) is 5.91 Å². The minimum absolute atomic E-state index is 0.0427. The van der Waals surface area contributed by atoms with Crippen molar-refractivity contribution in [1.82, 2.24) is 10.2 Å². The number of benzene rings is 1. The Balaban J connectivity index is 1.95. The molecule has 6 heteroatoms. The predicted molar refractivity (Wildman–Crippen MR) is 84.7 cm³/mol. The van der Waals surface area contributed by atoms with Gasteiger partial charge in [0.05, 0.1) is 11.6 Å². The fourth-order valence-electron chi connectivity index (χ4n) is 2.53. The van der Waals surface area contributed by atoms with Crippen molar-refractivity contribution in [3.63, 3.8) is 0 Å². The summed E-state index contributed by atoms with van der Waals surface area (Å²) in [6.07, 6.45) is 1.54. The summed E-state index contributed by atoms with van der Waals surface area (Å²) in [5, 5.41) is 15.3. The maximum absolute atomic E-state index is 12.3. The lowest BCUT2D eigenvalue weighted by atomic mass is 9.97. The number of hydrogen-bond donors (Lipinski definition) is 3. The smallest absolute Gasteiger partial charge is 0.317 e. The summed E-state index contributed by atoms with van der Waals surface area (Å²) in [6.45, 7) is 4.88. The molecule has 3 N–H and O–H groups in total. The molecule has 0 bridgehead atoms. The number of likely N-dealkylation sites (tertiary alicyclic amines) is 1. The van der Waals surface area contributed by atoms with Crippen LogP contribution in [0.5, 0.6) is 5.75 Å². The van der Waals surface area contributed by atoms with Gasteiger partial charge in [0, 0.05) is 19.1 Å². The highest BCUT2D eigenvalue weighted by atomic mass is 16.3. The number of nitrogens with zero attached hydrogens (tertiary/aromatic N) is 1. The third-order valence-electron chi connectivity index (χ3n) is 3.65. The van der Waals surface area contributed by atoms with Crippen LogP contribution in [0.1, 0.15) is 26.7 Å². The third-order valence-corrected chi connectivity index (χ3v) is 3.65.